The molecule has 0 radical (unpaired) electrons. The number of amides is 2. The van der Waals surface area contributed by atoms with Crippen molar-refractivity contribution in [2.75, 3.05) is 34.9 Å². The van der Waals surface area contributed by atoms with Crippen molar-refractivity contribution in [2.45, 2.75) is 6.92 Å². The van der Waals surface area contributed by atoms with Crippen molar-refractivity contribution in [3.63, 3.8) is 0 Å². The molecule has 8 heteroatoms. The largest absolute Gasteiger partial charge is 0.378 e. The van der Waals surface area contributed by atoms with Crippen molar-refractivity contribution in [2.24, 2.45) is 0 Å². The quantitative estimate of drug-likeness (QED) is 0.596. The van der Waals surface area contributed by atoms with Crippen LogP contribution in [0.4, 0.5) is 28.6 Å². The second kappa shape index (κ2) is 8.83. The van der Waals surface area contributed by atoms with Crippen LogP contribution < -0.4 is 20.9 Å². The lowest BCUT2D eigenvalue weighted by molar-refractivity contribution is -0.114. The van der Waals surface area contributed by atoms with Gasteiger partial charge in [-0.3, -0.25) is 9.59 Å². The molecule has 3 N–H and O–H groups in total. The zero-order chi connectivity index (χ0) is 20.8. The smallest absolute Gasteiger partial charge is 0.274 e. The van der Waals surface area contributed by atoms with Gasteiger partial charge in [0.1, 0.15) is 17.8 Å². The van der Waals surface area contributed by atoms with E-state index in [1.165, 1.54) is 13.3 Å². The van der Waals surface area contributed by atoms with Crippen LogP contribution in [0.1, 0.15) is 17.4 Å². The van der Waals surface area contributed by atoms with Crippen molar-refractivity contribution in [1.82, 2.24) is 9.97 Å². The summed E-state index contributed by atoms with van der Waals surface area (Å²) in [7, 11) is 3.91. The lowest BCUT2D eigenvalue weighted by atomic mass is 10.2. The highest BCUT2D eigenvalue weighted by Crippen LogP contribution is 2.20. The summed E-state index contributed by atoms with van der Waals surface area (Å²) in [5.41, 5.74) is 3.34. The highest BCUT2D eigenvalue weighted by Gasteiger charge is 2.10. The van der Waals surface area contributed by atoms with Crippen LogP contribution in [-0.4, -0.2) is 35.9 Å². The Hall–Kier alpha value is -3.94. The molecule has 0 unspecified atom stereocenters. The Balaban J connectivity index is 1.70. The third-order valence-corrected chi connectivity index (χ3v) is 4.00. The van der Waals surface area contributed by atoms with Crippen molar-refractivity contribution >= 4 is 40.4 Å². The standard InChI is InChI=1S/C21H22N6O2/c1-14(28)24-16-5-4-6-17(11-16)25-20-12-19(22-13-23-20)21(29)26-15-7-9-18(10-8-15)27(2)3/h4-13H,1-3H3,(H,24,28)(H,26,29)(H,22,23,25). The third-order valence-electron chi connectivity index (χ3n) is 4.00. The second-order valence-corrected chi connectivity index (χ2v) is 6.57. The fourth-order valence-corrected chi connectivity index (χ4v) is 2.61. The number of carbonyl (C=O) groups is 2. The Labute approximate surface area is 169 Å². The maximum atomic E-state index is 12.5. The van der Waals surface area contributed by atoms with E-state index in [1.54, 1.807) is 24.3 Å². The molecule has 0 saturated carbocycles. The molecule has 0 bridgehead atoms. The van der Waals surface area contributed by atoms with Gasteiger partial charge in [-0.1, -0.05) is 6.07 Å². The van der Waals surface area contributed by atoms with E-state index in [0.717, 1.165) is 11.4 Å². The molecular formula is C21H22N6O2. The minimum absolute atomic E-state index is 0.151. The van der Waals surface area contributed by atoms with E-state index in [-0.39, 0.29) is 17.5 Å². The molecule has 0 aliphatic rings. The first kappa shape index (κ1) is 19.8. The van der Waals surface area contributed by atoms with Crippen molar-refractivity contribution in [1.29, 1.82) is 0 Å². The number of carbonyl (C=O) groups excluding carboxylic acids is 2. The highest BCUT2D eigenvalue weighted by molar-refractivity contribution is 6.03. The maximum Gasteiger partial charge on any atom is 0.274 e. The molecule has 3 rings (SSSR count). The molecule has 148 valence electrons. The van der Waals surface area contributed by atoms with E-state index in [1.807, 2.05) is 49.3 Å². The van der Waals surface area contributed by atoms with Gasteiger partial charge in [0.05, 0.1) is 0 Å². The SMILES string of the molecule is CC(=O)Nc1cccc(Nc2cc(C(=O)Nc3ccc(N(C)C)cc3)ncn2)c1. The summed E-state index contributed by atoms with van der Waals surface area (Å²) < 4.78 is 0. The summed E-state index contributed by atoms with van der Waals surface area (Å²) in [5.74, 6) is -0.0186. The first-order valence-electron chi connectivity index (χ1n) is 8.96. The summed E-state index contributed by atoms with van der Waals surface area (Å²) in [6.45, 7) is 1.45. The Kier molecular flexibility index (Phi) is 6.03. The van der Waals surface area contributed by atoms with Crippen LogP contribution in [0, 0.1) is 0 Å². The number of aromatic nitrogens is 2. The summed E-state index contributed by atoms with van der Waals surface area (Å²) in [6, 6.07) is 16.3. The lowest BCUT2D eigenvalue weighted by Gasteiger charge is -2.13. The minimum atomic E-state index is -0.333. The Morgan fingerprint density at radius 2 is 1.59 bits per heavy atom. The number of anilines is 5. The third kappa shape index (κ3) is 5.52. The molecule has 2 aromatic carbocycles. The molecule has 1 heterocycles. The zero-order valence-electron chi connectivity index (χ0n) is 16.4. The molecule has 0 aliphatic carbocycles. The number of nitrogens with one attached hydrogen (secondary N) is 3. The summed E-state index contributed by atoms with van der Waals surface area (Å²) in [4.78, 5) is 33.9. The summed E-state index contributed by atoms with van der Waals surface area (Å²) >= 11 is 0. The van der Waals surface area contributed by atoms with Crippen LogP contribution in [0.5, 0.6) is 0 Å². The van der Waals surface area contributed by atoms with Gasteiger partial charge in [0.15, 0.2) is 0 Å². The second-order valence-electron chi connectivity index (χ2n) is 6.57. The monoisotopic (exact) mass is 390 g/mol. The van der Waals surface area contributed by atoms with Crippen LogP contribution in [-0.2, 0) is 4.79 Å². The fourth-order valence-electron chi connectivity index (χ4n) is 2.61. The van der Waals surface area contributed by atoms with Gasteiger partial charge in [-0.15, -0.1) is 0 Å². The highest BCUT2D eigenvalue weighted by atomic mass is 16.2. The lowest BCUT2D eigenvalue weighted by Crippen LogP contribution is -2.14. The van der Waals surface area contributed by atoms with Gasteiger partial charge in [-0.2, -0.15) is 0 Å². The molecule has 3 aromatic rings. The predicted octanol–water partition coefficient (Wildman–Crippen LogP) is 3.50. The van der Waals surface area contributed by atoms with Crippen molar-refractivity contribution < 1.29 is 9.59 Å². The fraction of sp³-hybridized carbons (Fsp3) is 0.143. The Morgan fingerprint density at radius 1 is 0.862 bits per heavy atom. The zero-order valence-corrected chi connectivity index (χ0v) is 16.4. The molecule has 29 heavy (non-hydrogen) atoms. The van der Waals surface area contributed by atoms with E-state index in [2.05, 4.69) is 25.9 Å². The van der Waals surface area contributed by atoms with Gasteiger partial charge in [-0.05, 0) is 42.5 Å². The molecule has 1 aromatic heterocycles. The molecular weight excluding hydrogens is 368 g/mol. The average molecular weight is 390 g/mol. The minimum Gasteiger partial charge on any atom is -0.378 e. The van der Waals surface area contributed by atoms with Gasteiger partial charge in [-0.25, -0.2) is 9.97 Å². The van der Waals surface area contributed by atoms with Gasteiger partial charge in [0.25, 0.3) is 5.91 Å². The predicted molar refractivity (Wildman–Crippen MR) is 115 cm³/mol. The molecule has 0 aliphatic heterocycles. The average Bonchev–Trinajstić information content (AvgIpc) is 2.68. The molecule has 8 nitrogen and oxygen atoms in total. The van der Waals surface area contributed by atoms with Gasteiger partial charge in [0, 0.05) is 49.8 Å². The van der Waals surface area contributed by atoms with Crippen LogP contribution in [0.3, 0.4) is 0 Å². The Morgan fingerprint density at radius 3 is 2.28 bits per heavy atom. The van der Waals surface area contributed by atoms with Crippen LogP contribution in [0.25, 0.3) is 0 Å². The van der Waals surface area contributed by atoms with Crippen molar-refractivity contribution in [3.8, 4) is 0 Å². The molecule has 2 amide bonds. The van der Waals surface area contributed by atoms with Crippen LogP contribution >= 0.6 is 0 Å². The molecule has 0 fully saturated rings. The van der Waals surface area contributed by atoms with Gasteiger partial charge < -0.3 is 20.9 Å². The molecule has 0 saturated heterocycles. The topological polar surface area (TPSA) is 99.2 Å². The summed E-state index contributed by atoms with van der Waals surface area (Å²) in [6.07, 6.45) is 1.32. The van der Waals surface area contributed by atoms with Gasteiger partial charge >= 0.3 is 0 Å². The molecule has 0 atom stereocenters. The number of nitrogens with zero attached hydrogens (tertiary/aromatic N) is 3. The summed E-state index contributed by atoms with van der Waals surface area (Å²) in [5, 5.41) is 8.65. The van der Waals surface area contributed by atoms with Crippen LogP contribution in [0.2, 0.25) is 0 Å². The number of hydrogen-bond donors (Lipinski definition) is 3. The first-order chi connectivity index (χ1) is 13.9. The normalized spacial score (nSPS) is 10.2. The van der Waals surface area contributed by atoms with E-state index in [0.29, 0.717) is 17.2 Å². The van der Waals surface area contributed by atoms with Crippen molar-refractivity contribution in [3.05, 3.63) is 66.6 Å². The molecule has 0 spiro atoms. The van der Waals surface area contributed by atoms with Gasteiger partial charge in [0.2, 0.25) is 5.91 Å². The van der Waals surface area contributed by atoms with E-state index in [4.69, 9.17) is 0 Å². The van der Waals surface area contributed by atoms with E-state index >= 15 is 0 Å². The maximum absolute atomic E-state index is 12.5. The Bertz CT molecular complexity index is 1020. The van der Waals surface area contributed by atoms with E-state index < -0.39 is 0 Å². The number of benzene rings is 2. The number of hydrogen-bond acceptors (Lipinski definition) is 6. The number of rotatable bonds is 6. The van der Waals surface area contributed by atoms with Crippen LogP contribution in [0.15, 0.2) is 60.9 Å². The van der Waals surface area contributed by atoms with E-state index in [9.17, 15) is 9.59 Å². The first-order valence-corrected chi connectivity index (χ1v) is 8.96.